The van der Waals surface area contributed by atoms with Gasteiger partial charge in [-0.05, 0) is 42.0 Å². The normalized spacial score (nSPS) is 11.0. The van der Waals surface area contributed by atoms with Crippen molar-refractivity contribution < 1.29 is 9.84 Å². The molecule has 2 aromatic carbocycles. The molecule has 0 aliphatic carbocycles. The number of benzene rings is 2. The van der Waals surface area contributed by atoms with Crippen LogP contribution >= 0.6 is 34.5 Å². The van der Waals surface area contributed by atoms with Gasteiger partial charge in [0.1, 0.15) is 0 Å². The van der Waals surface area contributed by atoms with Gasteiger partial charge in [0.15, 0.2) is 11.5 Å². The van der Waals surface area contributed by atoms with E-state index < -0.39 is 0 Å². The van der Waals surface area contributed by atoms with Gasteiger partial charge in [0, 0.05) is 16.0 Å². The quantitative estimate of drug-likeness (QED) is 0.457. The standard InChI is InChI=1S/C17H13Cl2N3O2S/c1-24-16-6-10(2-5-15(16)23)8-20-22-17-21-14(9-25-17)12-4-3-11(18)7-13(12)19/h2-9,23H,1H3,(H,21,22). The smallest absolute Gasteiger partial charge is 0.203 e. The molecule has 0 saturated heterocycles. The number of aromatic hydroxyl groups is 1. The van der Waals surface area contributed by atoms with Gasteiger partial charge in [0.2, 0.25) is 5.13 Å². The molecule has 5 nitrogen and oxygen atoms in total. The molecule has 0 radical (unpaired) electrons. The fourth-order valence-electron chi connectivity index (χ4n) is 2.08. The molecule has 0 aliphatic heterocycles. The van der Waals surface area contributed by atoms with Crippen molar-refractivity contribution in [3.63, 3.8) is 0 Å². The molecule has 0 bridgehead atoms. The van der Waals surface area contributed by atoms with Crippen LogP contribution in [0, 0.1) is 0 Å². The number of ether oxygens (including phenoxy) is 1. The van der Waals surface area contributed by atoms with Crippen LogP contribution in [0.4, 0.5) is 5.13 Å². The second-order valence-electron chi connectivity index (χ2n) is 4.96. The van der Waals surface area contributed by atoms with Crippen LogP contribution in [0.5, 0.6) is 11.5 Å². The fourth-order valence-corrected chi connectivity index (χ4v) is 3.25. The summed E-state index contributed by atoms with van der Waals surface area (Å²) >= 11 is 13.5. The highest BCUT2D eigenvalue weighted by Crippen LogP contribution is 2.32. The molecule has 0 atom stereocenters. The molecule has 2 N–H and O–H groups in total. The van der Waals surface area contributed by atoms with Gasteiger partial charge in [-0.3, -0.25) is 5.43 Å². The molecule has 0 unspecified atom stereocenters. The predicted octanol–water partition coefficient (Wildman–Crippen LogP) is 5.28. The molecule has 0 fully saturated rings. The van der Waals surface area contributed by atoms with Crippen molar-refractivity contribution in [2.24, 2.45) is 5.10 Å². The Morgan fingerprint density at radius 1 is 1.24 bits per heavy atom. The zero-order valence-corrected chi connectivity index (χ0v) is 15.4. The summed E-state index contributed by atoms with van der Waals surface area (Å²) in [5.41, 5.74) is 5.20. The van der Waals surface area contributed by atoms with Crippen molar-refractivity contribution in [1.82, 2.24) is 4.98 Å². The van der Waals surface area contributed by atoms with Gasteiger partial charge < -0.3 is 9.84 Å². The molecule has 0 amide bonds. The van der Waals surface area contributed by atoms with Gasteiger partial charge in [0.25, 0.3) is 0 Å². The maximum absolute atomic E-state index is 9.58. The number of hydrogen-bond donors (Lipinski definition) is 2. The summed E-state index contributed by atoms with van der Waals surface area (Å²) in [5, 5.41) is 17.4. The first-order valence-corrected chi connectivity index (χ1v) is 8.77. The topological polar surface area (TPSA) is 66.7 Å². The maximum atomic E-state index is 9.58. The lowest BCUT2D eigenvalue weighted by Crippen LogP contribution is -1.91. The van der Waals surface area contributed by atoms with Crippen LogP contribution in [0.3, 0.4) is 0 Å². The summed E-state index contributed by atoms with van der Waals surface area (Å²) in [7, 11) is 1.49. The van der Waals surface area contributed by atoms with Crippen molar-refractivity contribution in [2.75, 3.05) is 12.5 Å². The Hall–Kier alpha value is -2.28. The lowest BCUT2D eigenvalue weighted by atomic mass is 10.2. The summed E-state index contributed by atoms with van der Waals surface area (Å²) in [5.74, 6) is 0.467. The lowest BCUT2D eigenvalue weighted by Gasteiger charge is -2.03. The lowest BCUT2D eigenvalue weighted by molar-refractivity contribution is 0.373. The number of phenolic OH excluding ortho intramolecular Hbond substituents is 1. The Labute approximate surface area is 158 Å². The van der Waals surface area contributed by atoms with Crippen LogP contribution in [-0.2, 0) is 0 Å². The Kier molecular flexibility index (Phi) is 5.43. The second-order valence-corrected chi connectivity index (χ2v) is 6.67. The van der Waals surface area contributed by atoms with Crippen LogP contribution in [0.25, 0.3) is 11.3 Å². The van der Waals surface area contributed by atoms with E-state index in [0.717, 1.165) is 16.8 Å². The number of methoxy groups -OCH3 is 1. The number of halogens is 2. The molecular weight excluding hydrogens is 381 g/mol. The minimum Gasteiger partial charge on any atom is -0.504 e. The number of rotatable bonds is 5. The molecule has 3 aromatic rings. The Morgan fingerprint density at radius 2 is 2.08 bits per heavy atom. The average Bonchev–Trinajstić information content (AvgIpc) is 3.05. The molecule has 3 rings (SSSR count). The Morgan fingerprint density at radius 3 is 2.84 bits per heavy atom. The zero-order valence-electron chi connectivity index (χ0n) is 13.0. The van der Waals surface area contributed by atoms with E-state index >= 15 is 0 Å². The predicted molar refractivity (Wildman–Crippen MR) is 103 cm³/mol. The summed E-state index contributed by atoms with van der Waals surface area (Å²) in [6.07, 6.45) is 1.61. The third kappa shape index (κ3) is 4.22. The first kappa shape index (κ1) is 17.5. The van der Waals surface area contributed by atoms with Gasteiger partial charge in [-0.25, -0.2) is 4.98 Å². The first-order valence-electron chi connectivity index (χ1n) is 7.14. The molecule has 0 saturated carbocycles. The molecule has 8 heteroatoms. The highest BCUT2D eigenvalue weighted by atomic mass is 35.5. The van der Waals surface area contributed by atoms with E-state index in [2.05, 4.69) is 15.5 Å². The van der Waals surface area contributed by atoms with Crippen molar-refractivity contribution in [1.29, 1.82) is 0 Å². The second kappa shape index (κ2) is 7.74. The van der Waals surface area contributed by atoms with Crippen molar-refractivity contribution in [2.45, 2.75) is 0 Å². The van der Waals surface area contributed by atoms with Gasteiger partial charge in [-0.2, -0.15) is 5.10 Å². The molecular formula is C17H13Cl2N3O2S. The third-order valence-electron chi connectivity index (χ3n) is 3.29. The Balaban J connectivity index is 1.71. The van der Waals surface area contributed by atoms with E-state index in [1.165, 1.54) is 18.4 Å². The van der Waals surface area contributed by atoms with Crippen LogP contribution in [-0.4, -0.2) is 23.4 Å². The minimum absolute atomic E-state index is 0.0806. The Bertz CT molecular complexity index is 928. The van der Waals surface area contributed by atoms with E-state index in [1.807, 2.05) is 11.4 Å². The number of hydrazone groups is 1. The van der Waals surface area contributed by atoms with Gasteiger partial charge in [0.05, 0.1) is 24.0 Å². The summed E-state index contributed by atoms with van der Waals surface area (Å²) in [4.78, 5) is 4.45. The highest BCUT2D eigenvalue weighted by Gasteiger charge is 2.08. The third-order valence-corrected chi connectivity index (χ3v) is 4.58. The SMILES string of the molecule is COc1cc(C=NNc2nc(-c3ccc(Cl)cc3Cl)cs2)ccc1O. The summed E-state index contributed by atoms with van der Waals surface area (Å²) in [6.45, 7) is 0. The first-order chi connectivity index (χ1) is 12.1. The summed E-state index contributed by atoms with van der Waals surface area (Å²) < 4.78 is 5.06. The zero-order chi connectivity index (χ0) is 17.8. The number of anilines is 1. The number of nitrogens with one attached hydrogen (secondary N) is 1. The van der Waals surface area contributed by atoms with E-state index in [1.54, 1.807) is 36.5 Å². The van der Waals surface area contributed by atoms with E-state index in [0.29, 0.717) is 20.9 Å². The van der Waals surface area contributed by atoms with Gasteiger partial charge in [-0.1, -0.05) is 23.2 Å². The number of nitrogens with zero attached hydrogens (tertiary/aromatic N) is 2. The average molecular weight is 394 g/mol. The molecule has 0 spiro atoms. The molecule has 128 valence electrons. The number of thiazole rings is 1. The molecule has 1 heterocycles. The van der Waals surface area contributed by atoms with Crippen LogP contribution in [0.1, 0.15) is 5.56 Å². The molecule has 1 aromatic heterocycles. The van der Waals surface area contributed by atoms with Crippen molar-refractivity contribution in [3.8, 4) is 22.8 Å². The van der Waals surface area contributed by atoms with Crippen molar-refractivity contribution in [3.05, 3.63) is 57.4 Å². The van der Waals surface area contributed by atoms with Crippen LogP contribution in [0.2, 0.25) is 10.0 Å². The molecule has 25 heavy (non-hydrogen) atoms. The van der Waals surface area contributed by atoms with Gasteiger partial charge in [-0.15, -0.1) is 11.3 Å². The van der Waals surface area contributed by atoms with Crippen LogP contribution in [0.15, 0.2) is 46.9 Å². The molecule has 0 aliphatic rings. The number of phenols is 1. The largest absolute Gasteiger partial charge is 0.504 e. The minimum atomic E-state index is 0.0806. The highest BCUT2D eigenvalue weighted by molar-refractivity contribution is 7.14. The maximum Gasteiger partial charge on any atom is 0.203 e. The number of hydrogen-bond acceptors (Lipinski definition) is 6. The number of aromatic nitrogens is 1. The monoisotopic (exact) mass is 393 g/mol. The van der Waals surface area contributed by atoms with Crippen LogP contribution < -0.4 is 10.2 Å². The van der Waals surface area contributed by atoms with E-state index in [9.17, 15) is 5.11 Å². The van der Waals surface area contributed by atoms with Gasteiger partial charge >= 0.3 is 0 Å². The van der Waals surface area contributed by atoms with E-state index in [-0.39, 0.29) is 5.75 Å². The fraction of sp³-hybridized carbons (Fsp3) is 0.0588. The van der Waals surface area contributed by atoms with E-state index in [4.69, 9.17) is 27.9 Å². The van der Waals surface area contributed by atoms with Crippen molar-refractivity contribution >= 4 is 45.9 Å². The summed E-state index contributed by atoms with van der Waals surface area (Å²) in [6, 6.07) is 10.2.